The molecule has 0 spiro atoms. The summed E-state index contributed by atoms with van der Waals surface area (Å²) in [6.07, 6.45) is 2.49. The van der Waals surface area contributed by atoms with E-state index in [1.807, 2.05) is 6.92 Å². The van der Waals surface area contributed by atoms with E-state index in [0.717, 1.165) is 11.4 Å². The lowest BCUT2D eigenvalue weighted by Crippen LogP contribution is -2.11. The van der Waals surface area contributed by atoms with Crippen molar-refractivity contribution in [2.75, 3.05) is 11.9 Å². The number of aryl methyl sites for hydroxylation is 1. The minimum absolute atomic E-state index is 0.0444. The maximum Gasteiger partial charge on any atom is 0.224 e. The first-order chi connectivity index (χ1) is 6.72. The molecular weight excluding hydrogens is 180 g/mol. The van der Waals surface area contributed by atoms with Crippen LogP contribution in [0.3, 0.4) is 0 Å². The zero-order chi connectivity index (χ0) is 10.4. The molecule has 76 valence electrons. The van der Waals surface area contributed by atoms with Gasteiger partial charge in [-0.3, -0.25) is 9.78 Å². The van der Waals surface area contributed by atoms with Gasteiger partial charge in [-0.15, -0.1) is 0 Å². The Morgan fingerprint density at radius 2 is 2.43 bits per heavy atom. The van der Waals surface area contributed by atoms with Crippen molar-refractivity contribution in [3.63, 3.8) is 0 Å². The van der Waals surface area contributed by atoms with Crippen molar-refractivity contribution in [3.05, 3.63) is 24.0 Å². The molecule has 0 bridgehead atoms. The predicted octanol–water partition coefficient (Wildman–Crippen LogP) is 1.10. The van der Waals surface area contributed by atoms with Gasteiger partial charge in [-0.05, 0) is 25.5 Å². The predicted molar refractivity (Wildman–Crippen MR) is 53.9 cm³/mol. The van der Waals surface area contributed by atoms with Crippen LogP contribution in [0.5, 0.6) is 0 Å². The Morgan fingerprint density at radius 3 is 3.07 bits per heavy atom. The van der Waals surface area contributed by atoms with Crippen LogP contribution in [0.2, 0.25) is 0 Å². The number of carbonyl (C=O) groups excluding carboxylic acids is 1. The molecule has 0 aliphatic heterocycles. The summed E-state index contributed by atoms with van der Waals surface area (Å²) in [5.41, 5.74) is 1.62. The van der Waals surface area contributed by atoms with E-state index >= 15 is 0 Å². The molecule has 0 radical (unpaired) electrons. The van der Waals surface area contributed by atoms with Gasteiger partial charge >= 0.3 is 0 Å². The standard InChI is InChI=1S/C10H14N2O2/c1-8-7-9(4-5-11-8)12-10(14)3-2-6-13/h4-5,7,13H,2-3,6H2,1H3,(H,11,12,14). The fraction of sp³-hybridized carbons (Fsp3) is 0.400. The molecule has 1 heterocycles. The minimum Gasteiger partial charge on any atom is -0.396 e. The average Bonchev–Trinajstić information content (AvgIpc) is 2.15. The van der Waals surface area contributed by atoms with E-state index < -0.39 is 0 Å². The SMILES string of the molecule is Cc1cc(NC(=O)CCCO)ccn1. The smallest absolute Gasteiger partial charge is 0.224 e. The molecule has 4 heteroatoms. The molecule has 0 aliphatic rings. The second-order valence-electron chi connectivity index (χ2n) is 3.06. The van der Waals surface area contributed by atoms with Gasteiger partial charge in [0.25, 0.3) is 0 Å². The molecule has 0 atom stereocenters. The van der Waals surface area contributed by atoms with E-state index in [4.69, 9.17) is 5.11 Å². The number of aliphatic hydroxyl groups excluding tert-OH is 1. The zero-order valence-electron chi connectivity index (χ0n) is 8.16. The van der Waals surface area contributed by atoms with Gasteiger partial charge in [-0.1, -0.05) is 0 Å². The maximum atomic E-state index is 11.2. The highest BCUT2D eigenvalue weighted by Gasteiger charge is 2.01. The first-order valence-electron chi connectivity index (χ1n) is 4.56. The second-order valence-corrected chi connectivity index (χ2v) is 3.06. The van der Waals surface area contributed by atoms with E-state index in [0.29, 0.717) is 12.8 Å². The first kappa shape index (κ1) is 10.7. The van der Waals surface area contributed by atoms with Crippen LogP contribution in [0, 0.1) is 6.92 Å². The molecule has 0 fully saturated rings. The third kappa shape index (κ3) is 3.53. The van der Waals surface area contributed by atoms with E-state index in [1.54, 1.807) is 18.3 Å². The third-order valence-corrected chi connectivity index (χ3v) is 1.74. The summed E-state index contributed by atoms with van der Waals surface area (Å²) < 4.78 is 0. The summed E-state index contributed by atoms with van der Waals surface area (Å²) in [5, 5.41) is 11.3. The molecule has 0 unspecified atom stereocenters. The number of carbonyl (C=O) groups is 1. The minimum atomic E-state index is -0.0790. The molecule has 1 aromatic heterocycles. The molecule has 0 saturated carbocycles. The highest BCUT2D eigenvalue weighted by Crippen LogP contribution is 2.07. The van der Waals surface area contributed by atoms with Crippen LogP contribution < -0.4 is 5.32 Å². The normalized spacial score (nSPS) is 9.86. The van der Waals surface area contributed by atoms with Crippen molar-refractivity contribution < 1.29 is 9.90 Å². The van der Waals surface area contributed by atoms with Gasteiger partial charge in [0.15, 0.2) is 0 Å². The third-order valence-electron chi connectivity index (χ3n) is 1.74. The second kappa shape index (κ2) is 5.34. The number of amides is 1. The number of nitrogens with one attached hydrogen (secondary N) is 1. The molecular formula is C10H14N2O2. The zero-order valence-corrected chi connectivity index (χ0v) is 8.16. The number of nitrogens with zero attached hydrogens (tertiary/aromatic N) is 1. The summed E-state index contributed by atoms with van der Waals surface area (Å²) >= 11 is 0. The van der Waals surface area contributed by atoms with Crippen LogP contribution in [-0.2, 0) is 4.79 Å². The van der Waals surface area contributed by atoms with E-state index in [2.05, 4.69) is 10.3 Å². The summed E-state index contributed by atoms with van der Waals surface area (Å²) in [7, 11) is 0. The lowest BCUT2D eigenvalue weighted by Gasteiger charge is -2.04. The average molecular weight is 194 g/mol. The summed E-state index contributed by atoms with van der Waals surface area (Å²) in [6, 6.07) is 3.54. The molecule has 1 aromatic rings. The van der Waals surface area contributed by atoms with Crippen LogP contribution in [0.15, 0.2) is 18.3 Å². The van der Waals surface area contributed by atoms with Gasteiger partial charge in [0.1, 0.15) is 0 Å². The molecule has 0 saturated heterocycles. The van der Waals surface area contributed by atoms with E-state index in [1.165, 1.54) is 0 Å². The molecule has 1 rings (SSSR count). The van der Waals surface area contributed by atoms with Crippen molar-refractivity contribution in [1.29, 1.82) is 0 Å². The van der Waals surface area contributed by atoms with Crippen molar-refractivity contribution in [1.82, 2.24) is 4.98 Å². The summed E-state index contributed by atoms with van der Waals surface area (Å²) in [6.45, 7) is 1.91. The number of aliphatic hydroxyl groups is 1. The number of hydrogen-bond donors (Lipinski definition) is 2. The van der Waals surface area contributed by atoms with Crippen LogP contribution in [0.25, 0.3) is 0 Å². The van der Waals surface area contributed by atoms with Crippen molar-refractivity contribution >= 4 is 11.6 Å². The van der Waals surface area contributed by atoms with Crippen molar-refractivity contribution in [3.8, 4) is 0 Å². The Morgan fingerprint density at radius 1 is 1.64 bits per heavy atom. The van der Waals surface area contributed by atoms with Crippen LogP contribution in [0.4, 0.5) is 5.69 Å². The van der Waals surface area contributed by atoms with Crippen molar-refractivity contribution in [2.45, 2.75) is 19.8 Å². The number of rotatable bonds is 4. The Labute approximate surface area is 83.0 Å². The number of hydrogen-bond acceptors (Lipinski definition) is 3. The summed E-state index contributed by atoms with van der Waals surface area (Å²) in [4.78, 5) is 15.3. The van der Waals surface area contributed by atoms with E-state index in [9.17, 15) is 4.79 Å². The monoisotopic (exact) mass is 194 g/mol. The molecule has 0 aromatic carbocycles. The fourth-order valence-electron chi connectivity index (χ4n) is 1.09. The lowest BCUT2D eigenvalue weighted by atomic mass is 10.3. The van der Waals surface area contributed by atoms with Crippen LogP contribution >= 0.6 is 0 Å². The summed E-state index contributed by atoms with van der Waals surface area (Å²) in [5.74, 6) is -0.0790. The van der Waals surface area contributed by atoms with Gasteiger partial charge in [0.2, 0.25) is 5.91 Å². The Hall–Kier alpha value is -1.42. The Bertz CT molecular complexity index is 313. The fourth-order valence-corrected chi connectivity index (χ4v) is 1.09. The Kier molecular flexibility index (Phi) is 4.07. The topological polar surface area (TPSA) is 62.2 Å². The van der Waals surface area contributed by atoms with Gasteiger partial charge in [0, 0.05) is 30.6 Å². The highest BCUT2D eigenvalue weighted by atomic mass is 16.3. The Balaban J connectivity index is 2.47. The maximum absolute atomic E-state index is 11.2. The van der Waals surface area contributed by atoms with Gasteiger partial charge in [-0.25, -0.2) is 0 Å². The van der Waals surface area contributed by atoms with Gasteiger partial charge in [-0.2, -0.15) is 0 Å². The molecule has 14 heavy (non-hydrogen) atoms. The van der Waals surface area contributed by atoms with Crippen molar-refractivity contribution in [2.24, 2.45) is 0 Å². The lowest BCUT2D eigenvalue weighted by molar-refractivity contribution is -0.116. The molecule has 1 amide bonds. The number of anilines is 1. The number of pyridine rings is 1. The molecule has 2 N–H and O–H groups in total. The highest BCUT2D eigenvalue weighted by molar-refractivity contribution is 5.90. The quantitative estimate of drug-likeness (QED) is 0.754. The largest absolute Gasteiger partial charge is 0.396 e. The molecule has 0 aliphatic carbocycles. The van der Waals surface area contributed by atoms with E-state index in [-0.39, 0.29) is 12.5 Å². The van der Waals surface area contributed by atoms with Crippen LogP contribution in [-0.4, -0.2) is 22.6 Å². The van der Waals surface area contributed by atoms with Gasteiger partial charge < -0.3 is 10.4 Å². The first-order valence-corrected chi connectivity index (χ1v) is 4.56. The van der Waals surface area contributed by atoms with Crippen LogP contribution in [0.1, 0.15) is 18.5 Å². The van der Waals surface area contributed by atoms with Gasteiger partial charge in [0.05, 0.1) is 0 Å². The number of aromatic nitrogens is 1. The molecule has 4 nitrogen and oxygen atoms in total.